The highest BCUT2D eigenvalue weighted by Gasteiger charge is 2.27. The van der Waals surface area contributed by atoms with Gasteiger partial charge in [0.05, 0.1) is 0 Å². The minimum Gasteiger partial charge on any atom is -0.444 e. The van der Waals surface area contributed by atoms with Crippen LogP contribution in [0.25, 0.3) is 0 Å². The predicted molar refractivity (Wildman–Crippen MR) is 95.0 cm³/mol. The molecular weight excluding hydrogens is 304 g/mol. The van der Waals surface area contributed by atoms with E-state index in [1.54, 1.807) is 4.90 Å². The van der Waals surface area contributed by atoms with Gasteiger partial charge in [0.2, 0.25) is 5.91 Å². The number of hydrogen-bond acceptors (Lipinski definition) is 3. The molecule has 0 bridgehead atoms. The molecule has 0 aromatic heterocycles. The van der Waals surface area contributed by atoms with Crippen LogP contribution in [0, 0.1) is 12.8 Å². The summed E-state index contributed by atoms with van der Waals surface area (Å²) in [7, 11) is 0. The summed E-state index contributed by atoms with van der Waals surface area (Å²) < 4.78 is 5.39. The SMILES string of the molecule is Cc1ccccc1NC(=O)CC1CCN(C(=O)OC(C)(C)C)CC1. The van der Waals surface area contributed by atoms with Crippen molar-refractivity contribution in [3.63, 3.8) is 0 Å². The number of hydrogen-bond donors (Lipinski definition) is 1. The molecule has 1 aliphatic rings. The number of ether oxygens (including phenoxy) is 1. The van der Waals surface area contributed by atoms with Crippen LogP contribution in [0.5, 0.6) is 0 Å². The van der Waals surface area contributed by atoms with Gasteiger partial charge in [0.25, 0.3) is 0 Å². The summed E-state index contributed by atoms with van der Waals surface area (Å²) in [6.07, 6.45) is 1.91. The molecule has 2 amide bonds. The Kier molecular flexibility index (Phi) is 5.86. The molecule has 1 fully saturated rings. The molecule has 1 N–H and O–H groups in total. The molecule has 1 aromatic carbocycles. The molecule has 132 valence electrons. The Hall–Kier alpha value is -2.04. The van der Waals surface area contributed by atoms with Gasteiger partial charge >= 0.3 is 6.09 Å². The highest BCUT2D eigenvalue weighted by Crippen LogP contribution is 2.23. The summed E-state index contributed by atoms with van der Waals surface area (Å²) >= 11 is 0. The van der Waals surface area contributed by atoms with Crippen LogP contribution in [0.4, 0.5) is 10.5 Å². The molecule has 1 saturated heterocycles. The van der Waals surface area contributed by atoms with E-state index in [2.05, 4.69) is 5.32 Å². The largest absolute Gasteiger partial charge is 0.444 e. The van der Waals surface area contributed by atoms with E-state index in [0.717, 1.165) is 24.1 Å². The van der Waals surface area contributed by atoms with E-state index in [1.165, 1.54) is 0 Å². The van der Waals surface area contributed by atoms with Gasteiger partial charge in [-0.3, -0.25) is 4.79 Å². The fourth-order valence-electron chi connectivity index (χ4n) is 2.82. The molecule has 1 heterocycles. The van der Waals surface area contributed by atoms with Gasteiger partial charge in [0, 0.05) is 25.2 Å². The predicted octanol–water partition coefficient (Wildman–Crippen LogP) is 3.97. The Bertz CT molecular complexity index is 585. The lowest BCUT2D eigenvalue weighted by Gasteiger charge is -2.33. The zero-order chi connectivity index (χ0) is 17.7. The summed E-state index contributed by atoms with van der Waals surface area (Å²) in [5.74, 6) is 0.354. The molecule has 1 aliphatic heterocycles. The van der Waals surface area contributed by atoms with E-state index >= 15 is 0 Å². The van der Waals surface area contributed by atoms with Crippen LogP contribution < -0.4 is 5.32 Å². The number of anilines is 1. The van der Waals surface area contributed by atoms with Crippen LogP contribution >= 0.6 is 0 Å². The maximum absolute atomic E-state index is 12.2. The Balaban J connectivity index is 1.77. The average molecular weight is 332 g/mol. The van der Waals surface area contributed by atoms with Gasteiger partial charge < -0.3 is 15.0 Å². The van der Waals surface area contributed by atoms with E-state index in [-0.39, 0.29) is 12.0 Å². The summed E-state index contributed by atoms with van der Waals surface area (Å²) in [5.41, 5.74) is 1.46. The second-order valence-corrected chi connectivity index (χ2v) is 7.48. The van der Waals surface area contributed by atoms with Gasteiger partial charge in [-0.25, -0.2) is 4.79 Å². The van der Waals surface area contributed by atoms with Gasteiger partial charge in [-0.05, 0) is 58.1 Å². The number of nitrogens with one attached hydrogen (secondary N) is 1. The first kappa shape index (κ1) is 18.3. The molecule has 0 radical (unpaired) electrons. The third-order valence-electron chi connectivity index (χ3n) is 4.16. The van der Waals surface area contributed by atoms with Crippen LogP contribution in [0.3, 0.4) is 0 Å². The number of amides is 2. The number of benzene rings is 1. The van der Waals surface area contributed by atoms with Gasteiger partial charge in [-0.15, -0.1) is 0 Å². The summed E-state index contributed by atoms with van der Waals surface area (Å²) in [6.45, 7) is 8.89. The normalized spacial score (nSPS) is 15.9. The number of carbonyl (C=O) groups excluding carboxylic acids is 2. The number of piperidine rings is 1. The molecule has 1 aromatic rings. The van der Waals surface area contributed by atoms with E-state index in [9.17, 15) is 9.59 Å². The first-order chi connectivity index (χ1) is 11.2. The van der Waals surface area contributed by atoms with Crippen molar-refractivity contribution in [3.8, 4) is 0 Å². The van der Waals surface area contributed by atoms with Crippen molar-refractivity contribution in [3.05, 3.63) is 29.8 Å². The number of nitrogens with zero attached hydrogens (tertiary/aromatic N) is 1. The number of para-hydroxylation sites is 1. The van der Waals surface area contributed by atoms with E-state index in [0.29, 0.717) is 25.4 Å². The molecule has 0 spiro atoms. The minimum atomic E-state index is -0.471. The Morgan fingerprint density at radius 1 is 1.21 bits per heavy atom. The van der Waals surface area contributed by atoms with Crippen LogP contribution in [-0.2, 0) is 9.53 Å². The smallest absolute Gasteiger partial charge is 0.410 e. The number of carbonyl (C=O) groups is 2. The lowest BCUT2D eigenvalue weighted by molar-refractivity contribution is -0.117. The molecule has 0 saturated carbocycles. The van der Waals surface area contributed by atoms with Crippen LogP contribution in [0.1, 0.15) is 45.6 Å². The first-order valence-electron chi connectivity index (χ1n) is 8.58. The van der Waals surface area contributed by atoms with Crippen molar-refractivity contribution < 1.29 is 14.3 Å². The highest BCUT2D eigenvalue weighted by atomic mass is 16.6. The minimum absolute atomic E-state index is 0.0417. The zero-order valence-corrected chi connectivity index (χ0v) is 15.1. The fourth-order valence-corrected chi connectivity index (χ4v) is 2.82. The topological polar surface area (TPSA) is 58.6 Å². The number of rotatable bonds is 3. The third kappa shape index (κ3) is 5.55. The van der Waals surface area contributed by atoms with Crippen molar-refractivity contribution in [2.24, 2.45) is 5.92 Å². The Morgan fingerprint density at radius 3 is 2.42 bits per heavy atom. The molecule has 5 heteroatoms. The van der Waals surface area contributed by atoms with Gasteiger partial charge in [0.1, 0.15) is 5.60 Å². The highest BCUT2D eigenvalue weighted by molar-refractivity contribution is 5.91. The second-order valence-electron chi connectivity index (χ2n) is 7.48. The second kappa shape index (κ2) is 7.69. The van der Waals surface area contributed by atoms with Crippen molar-refractivity contribution in [1.29, 1.82) is 0 Å². The molecular formula is C19H28N2O3. The van der Waals surface area contributed by atoms with Crippen LogP contribution in [-0.4, -0.2) is 35.6 Å². The fraction of sp³-hybridized carbons (Fsp3) is 0.579. The van der Waals surface area contributed by atoms with Crippen molar-refractivity contribution in [1.82, 2.24) is 4.90 Å². The third-order valence-corrected chi connectivity index (χ3v) is 4.16. The first-order valence-corrected chi connectivity index (χ1v) is 8.58. The summed E-state index contributed by atoms with van der Waals surface area (Å²) in [5, 5.41) is 2.98. The lowest BCUT2D eigenvalue weighted by atomic mass is 9.93. The van der Waals surface area contributed by atoms with Crippen molar-refractivity contribution >= 4 is 17.7 Å². The van der Waals surface area contributed by atoms with E-state index < -0.39 is 5.60 Å². The van der Waals surface area contributed by atoms with Gasteiger partial charge in [-0.1, -0.05) is 18.2 Å². The van der Waals surface area contributed by atoms with E-state index in [1.807, 2.05) is 52.0 Å². The molecule has 2 rings (SSSR count). The molecule has 0 atom stereocenters. The van der Waals surface area contributed by atoms with Crippen molar-refractivity contribution in [2.75, 3.05) is 18.4 Å². The molecule has 0 aliphatic carbocycles. The maximum atomic E-state index is 12.2. The molecule has 5 nitrogen and oxygen atoms in total. The zero-order valence-electron chi connectivity index (χ0n) is 15.1. The van der Waals surface area contributed by atoms with E-state index in [4.69, 9.17) is 4.74 Å². The van der Waals surface area contributed by atoms with Gasteiger partial charge in [-0.2, -0.15) is 0 Å². The quantitative estimate of drug-likeness (QED) is 0.911. The standard InChI is InChI=1S/C19H28N2O3/c1-14-7-5-6-8-16(14)20-17(22)13-15-9-11-21(12-10-15)18(23)24-19(2,3)4/h5-8,15H,9-13H2,1-4H3,(H,20,22). The van der Waals surface area contributed by atoms with Crippen LogP contribution in [0.2, 0.25) is 0 Å². The summed E-state index contributed by atoms with van der Waals surface area (Å²) in [4.78, 5) is 26.0. The average Bonchev–Trinajstić information content (AvgIpc) is 2.48. The lowest BCUT2D eigenvalue weighted by Crippen LogP contribution is -2.42. The molecule has 24 heavy (non-hydrogen) atoms. The van der Waals surface area contributed by atoms with Gasteiger partial charge in [0.15, 0.2) is 0 Å². The monoisotopic (exact) mass is 332 g/mol. The van der Waals surface area contributed by atoms with Crippen LogP contribution in [0.15, 0.2) is 24.3 Å². The number of likely N-dealkylation sites (tertiary alicyclic amines) is 1. The molecule has 0 unspecified atom stereocenters. The number of aryl methyl sites for hydroxylation is 1. The Morgan fingerprint density at radius 2 is 1.83 bits per heavy atom. The summed E-state index contributed by atoms with van der Waals surface area (Å²) in [6, 6.07) is 7.77. The maximum Gasteiger partial charge on any atom is 0.410 e. The van der Waals surface area contributed by atoms with Crippen molar-refractivity contribution in [2.45, 2.75) is 52.6 Å². The Labute approximate surface area is 144 Å².